The van der Waals surface area contributed by atoms with E-state index in [4.69, 9.17) is 0 Å². The standard InChI is InChI=1S/C13H12N2O/c1-9-3-5-11(6-4-9)13-14-7-12(8-15-13)10(2)16/h3-8H,1-2H3. The molecule has 80 valence electrons. The van der Waals surface area contributed by atoms with Gasteiger partial charge in [0, 0.05) is 18.0 Å². The van der Waals surface area contributed by atoms with Gasteiger partial charge in [0.25, 0.3) is 0 Å². The number of Topliss-reactive ketones (excluding diaryl/α,β-unsaturated/α-hetero) is 1. The first-order valence-electron chi connectivity index (χ1n) is 5.07. The van der Waals surface area contributed by atoms with Gasteiger partial charge in [0.15, 0.2) is 11.6 Å². The first-order valence-corrected chi connectivity index (χ1v) is 5.07. The lowest BCUT2D eigenvalue weighted by molar-refractivity contribution is 0.101. The highest BCUT2D eigenvalue weighted by Crippen LogP contribution is 2.14. The van der Waals surface area contributed by atoms with Gasteiger partial charge in [0.05, 0.1) is 5.56 Å². The summed E-state index contributed by atoms with van der Waals surface area (Å²) in [6, 6.07) is 7.96. The lowest BCUT2D eigenvalue weighted by atomic mass is 10.1. The first kappa shape index (κ1) is 10.5. The Kier molecular flexibility index (Phi) is 2.77. The third-order valence-electron chi connectivity index (χ3n) is 2.37. The van der Waals surface area contributed by atoms with E-state index in [0.717, 1.165) is 5.56 Å². The maximum Gasteiger partial charge on any atom is 0.162 e. The van der Waals surface area contributed by atoms with Crippen LogP contribution in [0.25, 0.3) is 11.4 Å². The summed E-state index contributed by atoms with van der Waals surface area (Å²) in [5.74, 6) is 0.625. The van der Waals surface area contributed by atoms with E-state index in [1.165, 1.54) is 12.5 Å². The molecule has 0 atom stereocenters. The highest BCUT2D eigenvalue weighted by Gasteiger charge is 2.03. The molecule has 1 aromatic heterocycles. The van der Waals surface area contributed by atoms with Crippen LogP contribution in [0.5, 0.6) is 0 Å². The van der Waals surface area contributed by atoms with Crippen LogP contribution in [0.15, 0.2) is 36.7 Å². The maximum atomic E-state index is 11.1. The first-order chi connectivity index (χ1) is 7.66. The van der Waals surface area contributed by atoms with Crippen LogP contribution in [-0.2, 0) is 0 Å². The molecule has 0 bridgehead atoms. The molecule has 0 radical (unpaired) electrons. The Balaban J connectivity index is 2.34. The van der Waals surface area contributed by atoms with E-state index in [2.05, 4.69) is 9.97 Å². The number of hydrogen-bond donors (Lipinski definition) is 0. The molecule has 2 aromatic rings. The van der Waals surface area contributed by atoms with Crippen molar-refractivity contribution in [3.05, 3.63) is 47.8 Å². The second kappa shape index (κ2) is 4.23. The van der Waals surface area contributed by atoms with E-state index >= 15 is 0 Å². The monoisotopic (exact) mass is 212 g/mol. The van der Waals surface area contributed by atoms with Crippen LogP contribution in [-0.4, -0.2) is 15.8 Å². The van der Waals surface area contributed by atoms with Gasteiger partial charge in [-0.2, -0.15) is 0 Å². The SMILES string of the molecule is CC(=O)c1cnc(-c2ccc(C)cc2)nc1. The molecule has 0 aliphatic carbocycles. The zero-order valence-corrected chi connectivity index (χ0v) is 9.27. The van der Waals surface area contributed by atoms with Gasteiger partial charge in [-0.1, -0.05) is 29.8 Å². The summed E-state index contributed by atoms with van der Waals surface area (Å²) < 4.78 is 0. The van der Waals surface area contributed by atoms with E-state index in [0.29, 0.717) is 11.4 Å². The van der Waals surface area contributed by atoms with E-state index in [1.54, 1.807) is 12.4 Å². The minimum atomic E-state index is -0.0181. The minimum absolute atomic E-state index is 0.0181. The van der Waals surface area contributed by atoms with Crippen molar-refractivity contribution in [3.63, 3.8) is 0 Å². The fourth-order valence-electron chi connectivity index (χ4n) is 1.36. The van der Waals surface area contributed by atoms with Crippen molar-refractivity contribution in [2.75, 3.05) is 0 Å². The fraction of sp³-hybridized carbons (Fsp3) is 0.154. The van der Waals surface area contributed by atoms with Gasteiger partial charge < -0.3 is 0 Å². The predicted octanol–water partition coefficient (Wildman–Crippen LogP) is 2.65. The third-order valence-corrected chi connectivity index (χ3v) is 2.37. The summed E-state index contributed by atoms with van der Waals surface area (Å²) in [7, 11) is 0. The summed E-state index contributed by atoms with van der Waals surface area (Å²) >= 11 is 0. The average molecular weight is 212 g/mol. The smallest absolute Gasteiger partial charge is 0.162 e. The Morgan fingerprint density at radius 1 is 1.06 bits per heavy atom. The molecule has 0 spiro atoms. The zero-order chi connectivity index (χ0) is 11.5. The molecule has 3 heteroatoms. The number of rotatable bonds is 2. The van der Waals surface area contributed by atoms with Crippen molar-refractivity contribution >= 4 is 5.78 Å². The summed E-state index contributed by atoms with van der Waals surface area (Å²) in [6.07, 6.45) is 3.12. The Morgan fingerprint density at radius 3 is 2.12 bits per heavy atom. The predicted molar refractivity (Wildman–Crippen MR) is 62.2 cm³/mol. The number of carbonyl (C=O) groups is 1. The molecule has 2 rings (SSSR count). The molecule has 0 aliphatic heterocycles. The molecule has 1 heterocycles. The van der Waals surface area contributed by atoms with Gasteiger partial charge in [0.2, 0.25) is 0 Å². The van der Waals surface area contributed by atoms with Crippen LogP contribution >= 0.6 is 0 Å². The van der Waals surface area contributed by atoms with Crippen LogP contribution in [0, 0.1) is 6.92 Å². The molecule has 0 unspecified atom stereocenters. The molecule has 0 saturated carbocycles. The van der Waals surface area contributed by atoms with Gasteiger partial charge in [-0.25, -0.2) is 9.97 Å². The summed E-state index contributed by atoms with van der Waals surface area (Å²) in [5.41, 5.74) is 2.70. The Labute approximate surface area is 94.2 Å². The van der Waals surface area contributed by atoms with Crippen LogP contribution in [0.3, 0.4) is 0 Å². The summed E-state index contributed by atoms with van der Waals surface area (Å²) in [4.78, 5) is 19.4. The molecule has 3 nitrogen and oxygen atoms in total. The zero-order valence-electron chi connectivity index (χ0n) is 9.27. The number of hydrogen-bond acceptors (Lipinski definition) is 3. The summed E-state index contributed by atoms with van der Waals surface area (Å²) in [6.45, 7) is 3.54. The molecule has 1 aromatic carbocycles. The molecule has 0 amide bonds. The van der Waals surface area contributed by atoms with Crippen molar-refractivity contribution in [3.8, 4) is 11.4 Å². The van der Waals surface area contributed by atoms with Crippen molar-refractivity contribution < 1.29 is 4.79 Å². The maximum absolute atomic E-state index is 11.1. The van der Waals surface area contributed by atoms with Crippen molar-refractivity contribution in [1.82, 2.24) is 9.97 Å². The fourth-order valence-corrected chi connectivity index (χ4v) is 1.36. The number of ketones is 1. The summed E-state index contributed by atoms with van der Waals surface area (Å²) in [5, 5.41) is 0. The van der Waals surface area contributed by atoms with E-state index in [1.807, 2.05) is 31.2 Å². The Morgan fingerprint density at radius 2 is 1.62 bits per heavy atom. The number of carbonyl (C=O) groups excluding carboxylic acids is 1. The average Bonchev–Trinajstić information content (AvgIpc) is 2.30. The van der Waals surface area contributed by atoms with E-state index in [9.17, 15) is 4.79 Å². The van der Waals surface area contributed by atoms with Crippen LogP contribution in [0.2, 0.25) is 0 Å². The van der Waals surface area contributed by atoms with Crippen molar-refractivity contribution in [1.29, 1.82) is 0 Å². The molecular formula is C13H12N2O. The number of aromatic nitrogens is 2. The lowest BCUT2D eigenvalue weighted by Crippen LogP contribution is -1.96. The quantitative estimate of drug-likeness (QED) is 0.719. The second-order valence-corrected chi connectivity index (χ2v) is 3.72. The van der Waals surface area contributed by atoms with Crippen LogP contribution < -0.4 is 0 Å². The number of nitrogens with zero attached hydrogens (tertiary/aromatic N) is 2. The van der Waals surface area contributed by atoms with Gasteiger partial charge in [-0.15, -0.1) is 0 Å². The lowest BCUT2D eigenvalue weighted by Gasteiger charge is -2.01. The van der Waals surface area contributed by atoms with Gasteiger partial charge in [-0.3, -0.25) is 4.79 Å². The number of aryl methyl sites for hydroxylation is 1. The van der Waals surface area contributed by atoms with Crippen LogP contribution in [0.4, 0.5) is 0 Å². The van der Waals surface area contributed by atoms with E-state index < -0.39 is 0 Å². The normalized spacial score (nSPS) is 10.1. The molecule has 0 N–H and O–H groups in total. The van der Waals surface area contributed by atoms with Gasteiger partial charge >= 0.3 is 0 Å². The molecule has 16 heavy (non-hydrogen) atoms. The van der Waals surface area contributed by atoms with Gasteiger partial charge in [-0.05, 0) is 13.8 Å². The second-order valence-electron chi connectivity index (χ2n) is 3.72. The van der Waals surface area contributed by atoms with Crippen molar-refractivity contribution in [2.24, 2.45) is 0 Å². The molecule has 0 aliphatic rings. The van der Waals surface area contributed by atoms with E-state index in [-0.39, 0.29) is 5.78 Å². The van der Waals surface area contributed by atoms with Crippen molar-refractivity contribution in [2.45, 2.75) is 13.8 Å². The Hall–Kier alpha value is -2.03. The minimum Gasteiger partial charge on any atom is -0.294 e. The third kappa shape index (κ3) is 2.14. The van der Waals surface area contributed by atoms with Crippen LogP contribution in [0.1, 0.15) is 22.8 Å². The topological polar surface area (TPSA) is 42.9 Å². The highest BCUT2D eigenvalue weighted by molar-refractivity contribution is 5.93. The number of benzene rings is 1. The molecule has 0 fully saturated rings. The highest BCUT2D eigenvalue weighted by atomic mass is 16.1. The molecular weight excluding hydrogens is 200 g/mol. The Bertz CT molecular complexity index is 500. The van der Waals surface area contributed by atoms with Gasteiger partial charge in [0.1, 0.15) is 0 Å². The molecule has 0 saturated heterocycles. The largest absolute Gasteiger partial charge is 0.294 e.